The van der Waals surface area contributed by atoms with Crippen molar-refractivity contribution < 1.29 is 0 Å². The number of hydrogen-bond donors (Lipinski definition) is 0. The maximum absolute atomic E-state index is 2.44. The van der Waals surface area contributed by atoms with Gasteiger partial charge in [0.25, 0.3) is 0 Å². The molecule has 0 aliphatic carbocycles. The van der Waals surface area contributed by atoms with Crippen molar-refractivity contribution in [3.05, 3.63) is 12.2 Å². The average molecular weight is 112 g/mol. The highest BCUT2D eigenvalue weighted by atomic mass is 28.3. The third kappa shape index (κ3) is 1.16. The number of hydrogen-bond acceptors (Lipinski definition) is 0. The second-order valence-corrected chi connectivity index (χ2v) is 8.19. The van der Waals surface area contributed by atoms with Crippen LogP contribution in [0.4, 0.5) is 0 Å². The molecule has 0 atom stereocenters. The molecule has 0 radical (unpaired) electrons. The molecule has 0 nitrogen and oxygen atoms in total. The highest BCUT2D eigenvalue weighted by Crippen LogP contribution is 2.22. The van der Waals surface area contributed by atoms with Crippen LogP contribution in [0.2, 0.25) is 25.2 Å². The van der Waals surface area contributed by atoms with Gasteiger partial charge in [0.05, 0.1) is 8.07 Å². The minimum atomic E-state index is -0.651. The summed E-state index contributed by atoms with van der Waals surface area (Å²) in [7, 11) is -0.651. The normalized spacial score (nSPS) is 26.0. The standard InChI is InChI=1S/C6H12Si/c1-7(2)5-3-4-6-7/h3-4H,5-6H2,1-2H3. The SMILES string of the molecule is C[Si]1(C)CC=CC1. The van der Waals surface area contributed by atoms with Gasteiger partial charge in [-0.1, -0.05) is 25.2 Å². The van der Waals surface area contributed by atoms with Gasteiger partial charge in [0.2, 0.25) is 0 Å². The summed E-state index contributed by atoms with van der Waals surface area (Å²) >= 11 is 0. The molecule has 0 fully saturated rings. The van der Waals surface area contributed by atoms with Gasteiger partial charge in [-0.2, -0.15) is 0 Å². The Kier molecular flexibility index (Phi) is 1.08. The van der Waals surface area contributed by atoms with E-state index in [1.165, 1.54) is 12.1 Å². The first kappa shape index (κ1) is 5.10. The van der Waals surface area contributed by atoms with E-state index >= 15 is 0 Å². The Morgan fingerprint density at radius 1 is 1.14 bits per heavy atom. The second kappa shape index (κ2) is 1.48. The topological polar surface area (TPSA) is 0 Å². The van der Waals surface area contributed by atoms with Crippen LogP contribution < -0.4 is 0 Å². The molecule has 0 aromatic carbocycles. The minimum absolute atomic E-state index is 0.651. The minimum Gasteiger partial charge on any atom is -0.0915 e. The van der Waals surface area contributed by atoms with E-state index in [1.54, 1.807) is 0 Å². The molecule has 1 heteroatoms. The molecular weight excluding hydrogens is 100 g/mol. The zero-order chi connectivity index (χ0) is 5.33. The first-order valence-corrected chi connectivity index (χ1v) is 6.27. The van der Waals surface area contributed by atoms with Gasteiger partial charge in [-0.15, -0.1) is 0 Å². The van der Waals surface area contributed by atoms with Crippen molar-refractivity contribution >= 4 is 8.07 Å². The quantitative estimate of drug-likeness (QED) is 0.333. The lowest BCUT2D eigenvalue weighted by atomic mass is 10.6. The molecule has 1 aliphatic heterocycles. The summed E-state index contributed by atoms with van der Waals surface area (Å²) in [5.41, 5.74) is 0. The Labute approximate surface area is 46.2 Å². The molecule has 0 N–H and O–H groups in total. The summed E-state index contributed by atoms with van der Waals surface area (Å²) < 4.78 is 0. The van der Waals surface area contributed by atoms with Crippen LogP contribution in [-0.2, 0) is 0 Å². The Morgan fingerprint density at radius 3 is 1.71 bits per heavy atom. The predicted octanol–water partition coefficient (Wildman–Crippen LogP) is 2.26. The molecular formula is C6H12Si. The predicted molar refractivity (Wildman–Crippen MR) is 36.2 cm³/mol. The van der Waals surface area contributed by atoms with Crippen molar-refractivity contribution in [2.24, 2.45) is 0 Å². The molecule has 1 rings (SSSR count). The zero-order valence-corrected chi connectivity index (χ0v) is 6.07. The molecule has 0 aromatic heterocycles. The Hall–Kier alpha value is -0.0431. The lowest BCUT2D eigenvalue weighted by Crippen LogP contribution is -2.18. The lowest BCUT2D eigenvalue weighted by molar-refractivity contribution is 1.53. The Morgan fingerprint density at radius 2 is 1.57 bits per heavy atom. The first-order chi connectivity index (χ1) is 3.21. The smallest absolute Gasteiger partial charge is 0.0548 e. The van der Waals surface area contributed by atoms with Gasteiger partial charge >= 0.3 is 0 Å². The van der Waals surface area contributed by atoms with E-state index in [2.05, 4.69) is 25.2 Å². The van der Waals surface area contributed by atoms with Crippen molar-refractivity contribution in [3.8, 4) is 0 Å². The number of allylic oxidation sites excluding steroid dienone is 2. The van der Waals surface area contributed by atoms with E-state index in [4.69, 9.17) is 0 Å². The van der Waals surface area contributed by atoms with Gasteiger partial charge in [0.1, 0.15) is 0 Å². The maximum Gasteiger partial charge on any atom is 0.0548 e. The van der Waals surface area contributed by atoms with Crippen LogP contribution in [-0.4, -0.2) is 8.07 Å². The molecule has 40 valence electrons. The van der Waals surface area contributed by atoms with E-state index in [9.17, 15) is 0 Å². The third-order valence-corrected chi connectivity index (χ3v) is 4.19. The van der Waals surface area contributed by atoms with E-state index < -0.39 is 8.07 Å². The monoisotopic (exact) mass is 112 g/mol. The van der Waals surface area contributed by atoms with Crippen LogP contribution in [0, 0.1) is 0 Å². The van der Waals surface area contributed by atoms with E-state index in [1.807, 2.05) is 0 Å². The van der Waals surface area contributed by atoms with Crippen molar-refractivity contribution in [1.29, 1.82) is 0 Å². The lowest BCUT2D eigenvalue weighted by Gasteiger charge is -2.10. The van der Waals surface area contributed by atoms with Gasteiger partial charge in [0.15, 0.2) is 0 Å². The zero-order valence-electron chi connectivity index (χ0n) is 5.07. The molecule has 1 aliphatic rings. The second-order valence-electron chi connectivity index (χ2n) is 3.04. The van der Waals surface area contributed by atoms with Gasteiger partial charge in [-0.05, 0) is 12.1 Å². The molecule has 0 saturated heterocycles. The van der Waals surface area contributed by atoms with Crippen LogP contribution in [0.15, 0.2) is 12.2 Å². The van der Waals surface area contributed by atoms with Gasteiger partial charge in [0, 0.05) is 0 Å². The van der Waals surface area contributed by atoms with Crippen molar-refractivity contribution in [1.82, 2.24) is 0 Å². The summed E-state index contributed by atoms with van der Waals surface area (Å²) in [6, 6.07) is 2.82. The average Bonchev–Trinajstić information content (AvgIpc) is 1.84. The molecule has 0 saturated carbocycles. The molecule has 7 heavy (non-hydrogen) atoms. The first-order valence-electron chi connectivity index (χ1n) is 2.86. The van der Waals surface area contributed by atoms with Gasteiger partial charge < -0.3 is 0 Å². The summed E-state index contributed by atoms with van der Waals surface area (Å²) in [6.07, 6.45) is 4.65. The molecule has 1 heterocycles. The summed E-state index contributed by atoms with van der Waals surface area (Å²) in [5.74, 6) is 0. The van der Waals surface area contributed by atoms with Crippen LogP contribution >= 0.6 is 0 Å². The fraction of sp³-hybridized carbons (Fsp3) is 0.667. The van der Waals surface area contributed by atoms with Crippen LogP contribution in [0.1, 0.15) is 0 Å². The van der Waals surface area contributed by atoms with E-state index in [-0.39, 0.29) is 0 Å². The highest BCUT2D eigenvalue weighted by Gasteiger charge is 2.19. The summed E-state index contributed by atoms with van der Waals surface area (Å²) in [6.45, 7) is 4.88. The molecule has 0 unspecified atom stereocenters. The largest absolute Gasteiger partial charge is 0.0915 e. The molecule has 0 bridgehead atoms. The fourth-order valence-electron chi connectivity index (χ4n) is 0.888. The number of rotatable bonds is 0. The van der Waals surface area contributed by atoms with Gasteiger partial charge in [-0.3, -0.25) is 0 Å². The van der Waals surface area contributed by atoms with Crippen molar-refractivity contribution in [2.45, 2.75) is 25.2 Å². The van der Waals surface area contributed by atoms with Gasteiger partial charge in [-0.25, -0.2) is 0 Å². The van der Waals surface area contributed by atoms with Crippen LogP contribution in [0.3, 0.4) is 0 Å². The van der Waals surface area contributed by atoms with Crippen LogP contribution in [0.5, 0.6) is 0 Å². The maximum atomic E-state index is 2.44. The van der Waals surface area contributed by atoms with E-state index in [0.29, 0.717) is 0 Å². The summed E-state index contributed by atoms with van der Waals surface area (Å²) in [5, 5.41) is 0. The Bertz CT molecular complexity index is 82.4. The molecule has 0 spiro atoms. The van der Waals surface area contributed by atoms with E-state index in [0.717, 1.165) is 0 Å². The highest BCUT2D eigenvalue weighted by molar-refractivity contribution is 6.78. The fourth-order valence-corrected chi connectivity index (χ4v) is 2.66. The van der Waals surface area contributed by atoms with Crippen molar-refractivity contribution in [2.75, 3.05) is 0 Å². The summed E-state index contributed by atoms with van der Waals surface area (Å²) in [4.78, 5) is 0. The van der Waals surface area contributed by atoms with Crippen molar-refractivity contribution in [3.63, 3.8) is 0 Å². The Balaban J connectivity index is 2.49. The molecule has 0 amide bonds. The molecule has 0 aromatic rings. The van der Waals surface area contributed by atoms with Crippen LogP contribution in [0.25, 0.3) is 0 Å². The third-order valence-electron chi connectivity index (χ3n) is 1.51.